The number of urea groups is 1. The van der Waals surface area contributed by atoms with Gasteiger partial charge in [-0.05, 0) is 74.5 Å². The molecule has 5 aliphatic rings. The number of ether oxygens (including phenoxy) is 2. The molecule has 6 rings (SSSR count). The zero-order valence-electron chi connectivity index (χ0n) is 16.8. The molecule has 0 unspecified atom stereocenters. The van der Waals surface area contributed by atoms with Crippen LogP contribution in [0.15, 0.2) is 18.2 Å². The molecule has 1 N–H and O–H groups in total. The fourth-order valence-electron chi connectivity index (χ4n) is 6.53. The molecule has 5 fully saturated rings. The number of hydrogen-bond donors (Lipinski definition) is 1. The number of benzene rings is 1. The Bertz CT molecular complexity index is 733. The molecule has 152 valence electrons. The van der Waals surface area contributed by atoms with Crippen molar-refractivity contribution >= 4 is 17.8 Å². The average molecular weight is 403 g/mol. The van der Waals surface area contributed by atoms with E-state index in [1.54, 1.807) is 26.0 Å². The molecule has 0 spiro atoms. The van der Waals surface area contributed by atoms with Crippen molar-refractivity contribution < 1.29 is 14.3 Å². The highest BCUT2D eigenvalue weighted by Crippen LogP contribution is 2.56. The molecular formula is C22H30N2O3S. The Hall–Kier alpha value is -1.56. The Labute approximate surface area is 171 Å². The van der Waals surface area contributed by atoms with E-state index in [9.17, 15) is 4.79 Å². The number of nitrogens with zero attached hydrogens (tertiary/aromatic N) is 1. The van der Waals surface area contributed by atoms with Crippen molar-refractivity contribution in [1.29, 1.82) is 0 Å². The lowest BCUT2D eigenvalue weighted by Crippen LogP contribution is -2.61. The Morgan fingerprint density at radius 2 is 1.79 bits per heavy atom. The van der Waals surface area contributed by atoms with Crippen LogP contribution in [0.2, 0.25) is 0 Å². The topological polar surface area (TPSA) is 50.8 Å². The van der Waals surface area contributed by atoms with E-state index in [1.165, 1.54) is 38.5 Å². The van der Waals surface area contributed by atoms with Gasteiger partial charge in [-0.3, -0.25) is 0 Å². The summed E-state index contributed by atoms with van der Waals surface area (Å²) in [5.41, 5.74) is 1.06. The molecule has 1 heterocycles. The first kappa shape index (κ1) is 18.5. The van der Waals surface area contributed by atoms with E-state index in [-0.39, 0.29) is 16.9 Å². The summed E-state index contributed by atoms with van der Waals surface area (Å²) in [6.07, 6.45) is 7.70. The van der Waals surface area contributed by atoms with Gasteiger partial charge in [-0.1, -0.05) is 0 Å². The van der Waals surface area contributed by atoms with Crippen LogP contribution in [-0.4, -0.2) is 43.0 Å². The van der Waals surface area contributed by atoms with E-state index >= 15 is 0 Å². The molecule has 0 aromatic heterocycles. The maximum absolute atomic E-state index is 13.4. The molecule has 1 saturated heterocycles. The minimum Gasteiger partial charge on any atom is -0.497 e. The minimum absolute atomic E-state index is 0.0287. The van der Waals surface area contributed by atoms with E-state index in [0.717, 1.165) is 47.1 Å². The Morgan fingerprint density at radius 1 is 1.11 bits per heavy atom. The van der Waals surface area contributed by atoms with E-state index in [4.69, 9.17) is 9.47 Å². The summed E-state index contributed by atoms with van der Waals surface area (Å²) >= 11 is 1.80. The van der Waals surface area contributed by atoms with Crippen LogP contribution < -0.4 is 14.8 Å². The molecule has 1 atom stereocenters. The molecule has 0 radical (unpaired) electrons. The van der Waals surface area contributed by atoms with Gasteiger partial charge in [-0.2, -0.15) is 0 Å². The van der Waals surface area contributed by atoms with E-state index in [2.05, 4.69) is 5.32 Å². The second kappa shape index (κ2) is 7.05. The van der Waals surface area contributed by atoms with Crippen LogP contribution in [0, 0.1) is 17.8 Å². The number of amides is 2. The number of carbonyl (C=O) groups is 1. The fourth-order valence-corrected chi connectivity index (χ4v) is 7.80. The maximum atomic E-state index is 13.4. The third kappa shape index (κ3) is 3.14. The van der Waals surface area contributed by atoms with Gasteiger partial charge in [0.1, 0.15) is 16.9 Å². The van der Waals surface area contributed by atoms with Crippen LogP contribution in [0.3, 0.4) is 0 Å². The van der Waals surface area contributed by atoms with E-state index in [0.29, 0.717) is 0 Å². The summed E-state index contributed by atoms with van der Waals surface area (Å²) in [5.74, 6) is 5.04. The number of carbonyl (C=O) groups excluding carboxylic acids is 1. The average Bonchev–Trinajstić information content (AvgIpc) is 3.16. The van der Waals surface area contributed by atoms with Gasteiger partial charge in [0.05, 0.1) is 14.2 Å². The van der Waals surface area contributed by atoms with Gasteiger partial charge in [0, 0.05) is 23.4 Å². The van der Waals surface area contributed by atoms with Gasteiger partial charge in [0.25, 0.3) is 0 Å². The van der Waals surface area contributed by atoms with Crippen LogP contribution in [-0.2, 0) is 0 Å². The van der Waals surface area contributed by atoms with Gasteiger partial charge < -0.3 is 19.7 Å². The van der Waals surface area contributed by atoms with Gasteiger partial charge in [0.2, 0.25) is 0 Å². The lowest BCUT2D eigenvalue weighted by molar-refractivity contribution is -0.0156. The summed E-state index contributed by atoms with van der Waals surface area (Å²) in [6.45, 7) is 0.772. The lowest BCUT2D eigenvalue weighted by Gasteiger charge is -2.57. The van der Waals surface area contributed by atoms with Crippen molar-refractivity contribution in [3.63, 3.8) is 0 Å². The second-order valence-corrected chi connectivity index (χ2v) is 10.3. The molecule has 1 aromatic rings. The summed E-state index contributed by atoms with van der Waals surface area (Å²) in [5, 5.41) is 3.51. The van der Waals surface area contributed by atoms with Crippen molar-refractivity contribution in [2.75, 3.05) is 26.5 Å². The van der Waals surface area contributed by atoms with Crippen LogP contribution in [0.25, 0.3) is 0 Å². The Balaban J connectivity index is 1.37. The van der Waals surface area contributed by atoms with Crippen molar-refractivity contribution in [3.05, 3.63) is 23.8 Å². The first-order valence-corrected chi connectivity index (χ1v) is 11.6. The summed E-state index contributed by atoms with van der Waals surface area (Å²) in [6, 6.07) is 5.94. The summed E-state index contributed by atoms with van der Waals surface area (Å²) in [4.78, 5) is 15.4. The first-order valence-electron chi connectivity index (χ1n) is 10.5. The highest BCUT2D eigenvalue weighted by atomic mass is 32.2. The summed E-state index contributed by atoms with van der Waals surface area (Å²) in [7, 11) is 3.36. The number of thioether (sulfide) groups is 1. The van der Waals surface area contributed by atoms with Gasteiger partial charge >= 0.3 is 6.03 Å². The van der Waals surface area contributed by atoms with Crippen LogP contribution >= 0.6 is 11.8 Å². The van der Waals surface area contributed by atoms with Crippen molar-refractivity contribution in [3.8, 4) is 11.5 Å². The summed E-state index contributed by atoms with van der Waals surface area (Å²) < 4.78 is 11.0. The molecule has 4 saturated carbocycles. The van der Waals surface area contributed by atoms with Gasteiger partial charge in [0.15, 0.2) is 0 Å². The van der Waals surface area contributed by atoms with Crippen molar-refractivity contribution in [1.82, 2.24) is 10.2 Å². The predicted octanol–water partition coefficient (Wildman–Crippen LogP) is 4.43. The SMILES string of the molecule is COc1ccc(OC)c([C@@H]2SCCN2C(=O)NC23CC4CC(CC(C4)C2)C3)c1. The Kier molecular flexibility index (Phi) is 4.65. The lowest BCUT2D eigenvalue weighted by atomic mass is 9.53. The minimum atomic E-state index is -0.0287. The van der Waals surface area contributed by atoms with Crippen LogP contribution in [0.5, 0.6) is 11.5 Å². The fraction of sp³-hybridized carbons (Fsp3) is 0.682. The van der Waals surface area contributed by atoms with Crippen LogP contribution in [0.1, 0.15) is 49.5 Å². The molecule has 6 heteroatoms. The number of hydrogen-bond acceptors (Lipinski definition) is 4. The van der Waals surface area contributed by atoms with Crippen LogP contribution in [0.4, 0.5) is 4.79 Å². The predicted molar refractivity (Wildman–Crippen MR) is 111 cm³/mol. The number of rotatable bonds is 4. The molecule has 4 aliphatic carbocycles. The zero-order valence-corrected chi connectivity index (χ0v) is 17.6. The van der Waals surface area contributed by atoms with Crippen molar-refractivity contribution in [2.45, 2.75) is 49.4 Å². The third-order valence-electron chi connectivity index (χ3n) is 7.27. The number of nitrogens with one attached hydrogen (secondary N) is 1. The quantitative estimate of drug-likeness (QED) is 0.809. The van der Waals surface area contributed by atoms with Gasteiger partial charge in [-0.15, -0.1) is 11.8 Å². The maximum Gasteiger partial charge on any atom is 0.319 e. The Morgan fingerprint density at radius 3 is 2.39 bits per heavy atom. The number of methoxy groups -OCH3 is 2. The standard InChI is InChI=1S/C22H30N2O3S/c1-26-17-3-4-19(27-2)18(10-17)20-24(5-6-28-20)21(25)23-22-11-14-7-15(12-22)9-16(8-14)13-22/h3-4,10,14-16,20H,5-9,11-13H2,1-2H3,(H,23,25)/t14?,15?,16?,20-,22?/m0/s1. The highest BCUT2D eigenvalue weighted by molar-refractivity contribution is 7.99. The second-order valence-electron chi connectivity index (χ2n) is 9.15. The molecule has 28 heavy (non-hydrogen) atoms. The molecule has 4 bridgehead atoms. The molecular weight excluding hydrogens is 372 g/mol. The van der Waals surface area contributed by atoms with E-state index < -0.39 is 0 Å². The van der Waals surface area contributed by atoms with Crippen molar-refractivity contribution in [2.24, 2.45) is 17.8 Å². The third-order valence-corrected chi connectivity index (χ3v) is 8.51. The largest absolute Gasteiger partial charge is 0.497 e. The van der Waals surface area contributed by atoms with E-state index in [1.807, 2.05) is 23.1 Å². The molecule has 2 amide bonds. The molecule has 5 nitrogen and oxygen atoms in total. The molecule has 1 aromatic carbocycles. The zero-order chi connectivity index (χ0) is 19.3. The van der Waals surface area contributed by atoms with Gasteiger partial charge in [-0.25, -0.2) is 4.79 Å². The smallest absolute Gasteiger partial charge is 0.319 e. The first-order chi connectivity index (χ1) is 13.6. The normalized spacial score (nSPS) is 35.9. The highest BCUT2D eigenvalue weighted by Gasteiger charge is 2.52. The monoisotopic (exact) mass is 402 g/mol. The molecule has 1 aliphatic heterocycles.